The SMILES string of the molecule is O=S(=O)(F)CCN(CCS(=O)(=O)F)S(=O)(=O)c1ccc(-n2nc(-c3ccccc3)cc2C(F)(F)F)cc1. The summed E-state index contributed by atoms with van der Waals surface area (Å²) in [5, 5.41) is 3.98. The molecule has 0 bridgehead atoms. The van der Waals surface area contributed by atoms with Crippen LogP contribution >= 0.6 is 0 Å². The average molecular weight is 588 g/mol. The summed E-state index contributed by atoms with van der Waals surface area (Å²) in [7, 11) is -15.0. The van der Waals surface area contributed by atoms with Gasteiger partial charge >= 0.3 is 26.6 Å². The lowest BCUT2D eigenvalue weighted by atomic mass is 10.1. The summed E-state index contributed by atoms with van der Waals surface area (Å²) < 4.78 is 137. The van der Waals surface area contributed by atoms with Crippen LogP contribution in [0.1, 0.15) is 5.69 Å². The van der Waals surface area contributed by atoms with E-state index in [0.29, 0.717) is 10.2 Å². The van der Waals surface area contributed by atoms with Gasteiger partial charge in [-0.3, -0.25) is 0 Å². The summed E-state index contributed by atoms with van der Waals surface area (Å²) in [5.74, 6) is -2.66. The maximum absolute atomic E-state index is 13.7. The zero-order valence-corrected chi connectivity index (χ0v) is 21.0. The molecule has 3 aromatic rings. The molecule has 0 aliphatic heterocycles. The Labute approximate surface area is 209 Å². The van der Waals surface area contributed by atoms with Crippen LogP contribution in [-0.4, -0.2) is 63.9 Å². The normalized spacial score (nSPS) is 13.2. The van der Waals surface area contributed by atoms with Crippen LogP contribution in [0, 0.1) is 0 Å². The molecule has 0 N–H and O–H groups in total. The van der Waals surface area contributed by atoms with E-state index in [0.717, 1.165) is 30.3 Å². The van der Waals surface area contributed by atoms with Crippen LogP contribution in [0.5, 0.6) is 0 Å². The molecule has 0 aliphatic carbocycles. The first-order chi connectivity index (χ1) is 17.0. The molecule has 202 valence electrons. The Balaban J connectivity index is 1.99. The first kappa shape index (κ1) is 28.7. The number of hydrogen-bond donors (Lipinski definition) is 0. The third-order valence-electron chi connectivity index (χ3n) is 4.96. The van der Waals surface area contributed by atoms with E-state index in [2.05, 4.69) is 5.10 Å². The first-order valence-electron chi connectivity index (χ1n) is 10.2. The van der Waals surface area contributed by atoms with Gasteiger partial charge in [0, 0.05) is 18.7 Å². The van der Waals surface area contributed by atoms with Crippen molar-refractivity contribution in [3.63, 3.8) is 0 Å². The third-order valence-corrected chi connectivity index (χ3v) is 8.21. The van der Waals surface area contributed by atoms with Gasteiger partial charge in [-0.05, 0) is 30.3 Å². The fraction of sp³-hybridized carbons (Fsp3) is 0.250. The molecular formula is C20H18F5N3O6S3. The molecule has 1 aromatic heterocycles. The van der Waals surface area contributed by atoms with Gasteiger partial charge in [0.15, 0.2) is 0 Å². The van der Waals surface area contributed by atoms with Crippen molar-refractivity contribution in [3.8, 4) is 16.9 Å². The zero-order valence-electron chi connectivity index (χ0n) is 18.5. The zero-order chi connectivity index (χ0) is 27.6. The van der Waals surface area contributed by atoms with E-state index >= 15 is 0 Å². The Morgan fingerprint density at radius 3 is 1.76 bits per heavy atom. The fourth-order valence-corrected chi connectivity index (χ4v) is 5.76. The molecule has 0 radical (unpaired) electrons. The fourth-order valence-electron chi connectivity index (χ4n) is 3.21. The summed E-state index contributed by atoms with van der Waals surface area (Å²) >= 11 is 0. The van der Waals surface area contributed by atoms with Crippen molar-refractivity contribution in [2.45, 2.75) is 11.1 Å². The second-order valence-electron chi connectivity index (χ2n) is 7.57. The maximum atomic E-state index is 13.7. The molecule has 9 nitrogen and oxygen atoms in total. The summed E-state index contributed by atoms with van der Waals surface area (Å²) in [4.78, 5) is -0.590. The highest BCUT2D eigenvalue weighted by molar-refractivity contribution is 7.89. The second-order valence-corrected chi connectivity index (χ2v) is 12.5. The number of alkyl halides is 3. The van der Waals surface area contributed by atoms with Crippen LogP contribution in [0.4, 0.5) is 20.9 Å². The number of benzene rings is 2. The minimum Gasteiger partial charge on any atom is -0.228 e. The van der Waals surface area contributed by atoms with Crippen molar-refractivity contribution in [2.75, 3.05) is 24.6 Å². The lowest BCUT2D eigenvalue weighted by Crippen LogP contribution is -2.37. The molecule has 0 spiro atoms. The summed E-state index contributed by atoms with van der Waals surface area (Å²) in [6.07, 6.45) is -4.82. The van der Waals surface area contributed by atoms with Gasteiger partial charge in [-0.25, -0.2) is 13.1 Å². The highest BCUT2D eigenvalue weighted by Crippen LogP contribution is 2.34. The number of aromatic nitrogens is 2. The van der Waals surface area contributed by atoms with E-state index in [1.54, 1.807) is 30.3 Å². The van der Waals surface area contributed by atoms with Crippen molar-refractivity contribution < 1.29 is 46.2 Å². The van der Waals surface area contributed by atoms with Crippen LogP contribution < -0.4 is 0 Å². The Morgan fingerprint density at radius 1 is 0.784 bits per heavy atom. The standard InChI is InChI=1S/C20H18F5N3O6S3/c21-20(22,23)19-14-18(15-4-2-1-3-5-15)26-28(19)16-6-8-17(9-7-16)37(33,34)27(10-12-35(24,29)30)11-13-36(25,31)32/h1-9,14H,10-13H2. The summed E-state index contributed by atoms with van der Waals surface area (Å²) in [6, 6.07) is 12.5. The van der Waals surface area contributed by atoms with E-state index in [9.17, 15) is 46.2 Å². The molecule has 37 heavy (non-hydrogen) atoms. The number of rotatable bonds is 10. The Kier molecular flexibility index (Phi) is 8.11. The Bertz CT molecular complexity index is 1540. The quantitative estimate of drug-likeness (QED) is 0.264. The third kappa shape index (κ3) is 7.56. The predicted molar refractivity (Wildman–Crippen MR) is 123 cm³/mol. The van der Waals surface area contributed by atoms with Gasteiger partial charge in [0.05, 0.1) is 27.8 Å². The van der Waals surface area contributed by atoms with Crippen molar-refractivity contribution in [2.24, 2.45) is 0 Å². The molecule has 2 aromatic carbocycles. The number of hydrogen-bond acceptors (Lipinski definition) is 7. The van der Waals surface area contributed by atoms with E-state index < -0.39 is 71.8 Å². The molecule has 0 atom stereocenters. The van der Waals surface area contributed by atoms with Gasteiger partial charge in [0.1, 0.15) is 5.69 Å². The largest absolute Gasteiger partial charge is 0.433 e. The van der Waals surface area contributed by atoms with Crippen LogP contribution in [0.2, 0.25) is 0 Å². The van der Waals surface area contributed by atoms with Gasteiger partial charge < -0.3 is 0 Å². The van der Waals surface area contributed by atoms with Gasteiger partial charge in [0.25, 0.3) is 0 Å². The predicted octanol–water partition coefficient (Wildman–Crippen LogP) is 3.15. The molecule has 0 fully saturated rings. The highest BCUT2D eigenvalue weighted by atomic mass is 32.3. The smallest absolute Gasteiger partial charge is 0.228 e. The molecule has 0 saturated carbocycles. The van der Waals surface area contributed by atoms with E-state index in [1.165, 1.54) is 0 Å². The highest BCUT2D eigenvalue weighted by Gasteiger charge is 2.36. The number of sulfonamides is 1. The molecule has 17 heteroatoms. The van der Waals surface area contributed by atoms with Gasteiger partial charge in [-0.2, -0.15) is 39.4 Å². The van der Waals surface area contributed by atoms with Crippen molar-refractivity contribution in [1.29, 1.82) is 0 Å². The summed E-state index contributed by atoms with van der Waals surface area (Å²) in [5.41, 5.74) is -0.939. The molecule has 0 aliphatic rings. The average Bonchev–Trinajstić information content (AvgIpc) is 3.24. The molecule has 0 unspecified atom stereocenters. The second kappa shape index (κ2) is 10.5. The number of halogens is 5. The van der Waals surface area contributed by atoms with E-state index in [4.69, 9.17) is 0 Å². The lowest BCUT2D eigenvalue weighted by molar-refractivity contribution is -0.142. The minimum absolute atomic E-state index is 0.00402. The van der Waals surface area contributed by atoms with Crippen molar-refractivity contribution in [3.05, 3.63) is 66.4 Å². The summed E-state index contributed by atoms with van der Waals surface area (Å²) in [6.45, 7) is -2.06. The van der Waals surface area contributed by atoms with Gasteiger partial charge in [-0.1, -0.05) is 30.3 Å². The molecule has 3 rings (SSSR count). The lowest BCUT2D eigenvalue weighted by Gasteiger charge is -2.21. The van der Waals surface area contributed by atoms with Crippen LogP contribution in [0.3, 0.4) is 0 Å². The molecule has 0 amide bonds. The van der Waals surface area contributed by atoms with Crippen LogP contribution in [-0.2, 0) is 36.6 Å². The van der Waals surface area contributed by atoms with Crippen LogP contribution in [0.15, 0.2) is 65.6 Å². The van der Waals surface area contributed by atoms with Crippen LogP contribution in [0.25, 0.3) is 16.9 Å². The maximum Gasteiger partial charge on any atom is 0.433 e. The van der Waals surface area contributed by atoms with Gasteiger partial charge in [-0.15, -0.1) is 7.77 Å². The molecule has 0 saturated heterocycles. The van der Waals surface area contributed by atoms with E-state index in [1.807, 2.05) is 0 Å². The molecule has 1 heterocycles. The first-order valence-corrected chi connectivity index (χ1v) is 14.7. The minimum atomic E-state index is -5.17. The van der Waals surface area contributed by atoms with Crippen molar-refractivity contribution in [1.82, 2.24) is 14.1 Å². The monoisotopic (exact) mass is 587 g/mol. The number of nitrogens with zero attached hydrogens (tertiary/aromatic N) is 3. The Morgan fingerprint density at radius 2 is 1.30 bits per heavy atom. The molecular weight excluding hydrogens is 569 g/mol. The van der Waals surface area contributed by atoms with Crippen molar-refractivity contribution >= 4 is 30.5 Å². The van der Waals surface area contributed by atoms with E-state index in [-0.39, 0.29) is 15.7 Å². The topological polar surface area (TPSA) is 123 Å². The van der Waals surface area contributed by atoms with Gasteiger partial charge in [0.2, 0.25) is 10.0 Å². The Hall–Kier alpha value is -2.89.